The van der Waals surface area contributed by atoms with Crippen LogP contribution in [0.25, 0.3) is 11.0 Å². The smallest absolute Gasteiger partial charge is 0.336 e. The molecule has 7 heteroatoms. The Morgan fingerprint density at radius 2 is 1.64 bits per heavy atom. The number of carbonyl (C=O) groups excluding carboxylic acids is 2. The molecule has 0 saturated carbocycles. The van der Waals surface area contributed by atoms with Crippen molar-refractivity contribution in [2.24, 2.45) is 0 Å². The average molecular weight is 486 g/mol. The van der Waals surface area contributed by atoms with E-state index in [1.54, 1.807) is 24.3 Å². The highest BCUT2D eigenvalue weighted by atomic mass is 16.5. The van der Waals surface area contributed by atoms with Crippen LogP contribution in [0, 0.1) is 6.92 Å². The summed E-state index contributed by atoms with van der Waals surface area (Å²) in [5, 5.41) is 3.27. The molecule has 1 heterocycles. The number of fused-ring (bicyclic) bond motifs is 1. The Morgan fingerprint density at radius 3 is 2.33 bits per heavy atom. The first-order valence-electron chi connectivity index (χ1n) is 11.6. The molecule has 1 amide bonds. The molecule has 0 saturated heterocycles. The van der Waals surface area contributed by atoms with Gasteiger partial charge in [0.05, 0.1) is 0 Å². The molecule has 0 aliphatic rings. The van der Waals surface area contributed by atoms with Gasteiger partial charge in [-0.25, -0.2) is 4.79 Å². The van der Waals surface area contributed by atoms with E-state index in [2.05, 4.69) is 19.2 Å². The van der Waals surface area contributed by atoms with Gasteiger partial charge in [-0.15, -0.1) is 0 Å². The Balaban J connectivity index is 1.35. The molecule has 184 valence electrons. The molecule has 0 aliphatic heterocycles. The summed E-state index contributed by atoms with van der Waals surface area (Å²) in [7, 11) is 0. The normalized spacial score (nSPS) is 10.9. The van der Waals surface area contributed by atoms with Gasteiger partial charge in [-0.3, -0.25) is 9.59 Å². The van der Waals surface area contributed by atoms with Crippen LogP contribution in [0.4, 0.5) is 0 Å². The van der Waals surface area contributed by atoms with E-state index in [4.69, 9.17) is 13.9 Å². The fraction of sp³-hybridized carbons (Fsp3) is 0.207. The third kappa shape index (κ3) is 5.99. The van der Waals surface area contributed by atoms with Crippen LogP contribution in [0.2, 0.25) is 0 Å². The maximum atomic E-state index is 12.4. The van der Waals surface area contributed by atoms with Gasteiger partial charge in [0.2, 0.25) is 0 Å². The fourth-order valence-electron chi connectivity index (χ4n) is 3.90. The van der Waals surface area contributed by atoms with Crippen LogP contribution in [0.3, 0.4) is 0 Å². The summed E-state index contributed by atoms with van der Waals surface area (Å²) in [5.41, 5.74) is 3.01. The van der Waals surface area contributed by atoms with Crippen molar-refractivity contribution >= 4 is 22.8 Å². The number of hydrogen-bond acceptors (Lipinski definition) is 6. The van der Waals surface area contributed by atoms with Gasteiger partial charge in [-0.05, 0) is 72.5 Å². The molecule has 0 spiro atoms. The van der Waals surface area contributed by atoms with Gasteiger partial charge in [0.25, 0.3) is 5.91 Å². The molecule has 0 aliphatic carbocycles. The number of hydrogen-bond donors (Lipinski definition) is 1. The number of benzene rings is 3. The Bertz CT molecular complexity index is 1440. The van der Waals surface area contributed by atoms with E-state index in [1.165, 1.54) is 6.07 Å². The van der Waals surface area contributed by atoms with E-state index < -0.39 is 17.5 Å². The van der Waals surface area contributed by atoms with Crippen molar-refractivity contribution in [2.45, 2.75) is 33.3 Å². The monoisotopic (exact) mass is 485 g/mol. The second kappa shape index (κ2) is 10.9. The minimum atomic E-state index is -0.620. The van der Waals surface area contributed by atoms with E-state index in [-0.39, 0.29) is 19.1 Å². The molecule has 4 aromatic rings. The molecule has 4 rings (SSSR count). The molecule has 0 bridgehead atoms. The molecular formula is C29H27NO6. The van der Waals surface area contributed by atoms with Gasteiger partial charge < -0.3 is 19.2 Å². The largest absolute Gasteiger partial charge is 0.459 e. The second-order valence-electron chi connectivity index (χ2n) is 8.73. The number of amides is 1. The SMILES string of the molecule is Cc1cc2oc(=O)cc(COC(=O)CNC(=O)c3ccc(Oc4ccccc4)cc3)c2cc1C(C)C. The molecule has 1 aromatic heterocycles. The van der Waals surface area contributed by atoms with E-state index in [0.29, 0.717) is 28.2 Å². The summed E-state index contributed by atoms with van der Waals surface area (Å²) in [4.78, 5) is 36.7. The lowest BCUT2D eigenvalue weighted by Crippen LogP contribution is -2.30. The standard InChI is InChI=1S/C29H27NO6/c1-18(2)24-15-25-21(14-27(31)36-26(25)13-19(24)3)17-34-28(32)16-30-29(33)20-9-11-23(12-10-20)35-22-7-5-4-6-8-22/h4-15,18H,16-17H2,1-3H3,(H,30,33). The van der Waals surface area contributed by atoms with Crippen LogP contribution in [-0.4, -0.2) is 18.4 Å². The minimum absolute atomic E-state index is 0.108. The Kier molecular flexibility index (Phi) is 7.49. The number of para-hydroxylation sites is 1. The van der Waals surface area contributed by atoms with Crippen LogP contribution >= 0.6 is 0 Å². The van der Waals surface area contributed by atoms with E-state index in [1.807, 2.05) is 49.4 Å². The molecule has 0 radical (unpaired) electrons. The molecule has 36 heavy (non-hydrogen) atoms. The molecule has 7 nitrogen and oxygen atoms in total. The third-order valence-electron chi connectivity index (χ3n) is 5.72. The summed E-state index contributed by atoms with van der Waals surface area (Å²) in [6.07, 6.45) is 0. The average Bonchev–Trinajstić information content (AvgIpc) is 2.86. The zero-order chi connectivity index (χ0) is 25.7. The first-order valence-corrected chi connectivity index (χ1v) is 11.6. The molecule has 0 unspecified atom stereocenters. The minimum Gasteiger partial charge on any atom is -0.459 e. The predicted octanol–water partition coefficient (Wildman–Crippen LogP) is 5.49. The highest BCUT2D eigenvalue weighted by molar-refractivity contribution is 5.96. The summed E-state index contributed by atoms with van der Waals surface area (Å²) in [6, 6.07) is 21.0. The first-order chi connectivity index (χ1) is 17.3. The lowest BCUT2D eigenvalue weighted by molar-refractivity contribution is -0.143. The van der Waals surface area contributed by atoms with Gasteiger partial charge in [-0.1, -0.05) is 32.0 Å². The Morgan fingerprint density at radius 1 is 0.944 bits per heavy atom. The topological polar surface area (TPSA) is 94.8 Å². The molecule has 1 N–H and O–H groups in total. The van der Waals surface area contributed by atoms with Crippen LogP contribution in [0.1, 0.15) is 46.8 Å². The number of aryl methyl sites for hydroxylation is 1. The molecule has 0 atom stereocenters. The maximum absolute atomic E-state index is 12.4. The second-order valence-corrected chi connectivity index (χ2v) is 8.73. The van der Waals surface area contributed by atoms with Crippen molar-refractivity contribution < 1.29 is 23.5 Å². The van der Waals surface area contributed by atoms with Crippen LogP contribution < -0.4 is 15.7 Å². The summed E-state index contributed by atoms with van der Waals surface area (Å²) in [5.74, 6) is 0.529. The van der Waals surface area contributed by atoms with Crippen molar-refractivity contribution in [1.29, 1.82) is 0 Å². The van der Waals surface area contributed by atoms with Crippen molar-refractivity contribution in [3.05, 3.63) is 105 Å². The number of carbonyl (C=O) groups is 2. The Hall–Kier alpha value is -4.39. The molecule has 3 aromatic carbocycles. The molecule has 0 fully saturated rings. The number of rotatable bonds is 8. The van der Waals surface area contributed by atoms with E-state index >= 15 is 0 Å². The van der Waals surface area contributed by atoms with Crippen molar-refractivity contribution in [2.75, 3.05) is 6.54 Å². The third-order valence-corrected chi connectivity index (χ3v) is 5.72. The zero-order valence-corrected chi connectivity index (χ0v) is 20.4. The predicted molar refractivity (Wildman–Crippen MR) is 136 cm³/mol. The van der Waals surface area contributed by atoms with Crippen molar-refractivity contribution in [3.63, 3.8) is 0 Å². The first kappa shape index (κ1) is 24.7. The highest BCUT2D eigenvalue weighted by Crippen LogP contribution is 2.27. The lowest BCUT2D eigenvalue weighted by Gasteiger charge is -2.13. The number of nitrogens with one attached hydrogen (secondary N) is 1. The highest BCUT2D eigenvalue weighted by Gasteiger charge is 2.14. The van der Waals surface area contributed by atoms with Gasteiger partial charge in [0.15, 0.2) is 0 Å². The quantitative estimate of drug-likeness (QED) is 0.262. The maximum Gasteiger partial charge on any atom is 0.336 e. The van der Waals surface area contributed by atoms with E-state index in [9.17, 15) is 14.4 Å². The fourth-order valence-corrected chi connectivity index (χ4v) is 3.90. The van der Waals surface area contributed by atoms with Crippen LogP contribution in [0.5, 0.6) is 11.5 Å². The molecular weight excluding hydrogens is 458 g/mol. The van der Waals surface area contributed by atoms with Crippen molar-refractivity contribution in [1.82, 2.24) is 5.32 Å². The number of esters is 1. The zero-order valence-electron chi connectivity index (χ0n) is 20.4. The summed E-state index contributed by atoms with van der Waals surface area (Å²) >= 11 is 0. The van der Waals surface area contributed by atoms with Crippen molar-refractivity contribution in [3.8, 4) is 11.5 Å². The summed E-state index contributed by atoms with van der Waals surface area (Å²) < 4.78 is 16.4. The number of ether oxygens (including phenoxy) is 2. The van der Waals surface area contributed by atoms with Crippen LogP contribution in [-0.2, 0) is 16.1 Å². The van der Waals surface area contributed by atoms with Gasteiger partial charge in [0.1, 0.15) is 30.2 Å². The van der Waals surface area contributed by atoms with Gasteiger partial charge in [-0.2, -0.15) is 0 Å². The lowest BCUT2D eigenvalue weighted by atomic mass is 9.95. The van der Waals surface area contributed by atoms with Gasteiger partial charge in [0, 0.05) is 22.6 Å². The van der Waals surface area contributed by atoms with E-state index in [0.717, 1.165) is 16.5 Å². The van der Waals surface area contributed by atoms with Crippen LogP contribution in [0.15, 0.2) is 82.0 Å². The van der Waals surface area contributed by atoms with Gasteiger partial charge >= 0.3 is 11.6 Å². The summed E-state index contributed by atoms with van der Waals surface area (Å²) in [6.45, 7) is 5.72. The Labute approximate surface area is 208 Å².